The summed E-state index contributed by atoms with van der Waals surface area (Å²) in [6, 6.07) is 16.4. The summed E-state index contributed by atoms with van der Waals surface area (Å²) in [5, 5.41) is 3.08. The molecule has 1 aliphatic heterocycles. The smallest absolute Gasteiger partial charge is 0.251 e. The van der Waals surface area contributed by atoms with Crippen molar-refractivity contribution in [3.63, 3.8) is 0 Å². The van der Waals surface area contributed by atoms with E-state index in [-0.39, 0.29) is 11.9 Å². The van der Waals surface area contributed by atoms with Crippen LogP contribution in [-0.4, -0.2) is 23.7 Å². The highest BCUT2D eigenvalue weighted by Crippen LogP contribution is 2.45. The van der Waals surface area contributed by atoms with Gasteiger partial charge in [0.25, 0.3) is 5.91 Å². The second-order valence-electron chi connectivity index (χ2n) is 5.66. The van der Waals surface area contributed by atoms with E-state index >= 15 is 0 Å². The van der Waals surface area contributed by atoms with Gasteiger partial charge in [0.05, 0.1) is 10.6 Å². The van der Waals surface area contributed by atoms with Gasteiger partial charge in [-0.2, -0.15) is 0 Å². The Kier molecular flexibility index (Phi) is 6.19. The van der Waals surface area contributed by atoms with Gasteiger partial charge in [-0.1, -0.05) is 24.3 Å². The maximum absolute atomic E-state index is 12.5. The summed E-state index contributed by atoms with van der Waals surface area (Å²) < 4.78 is 0.524. The Morgan fingerprint density at radius 3 is 2.29 bits per heavy atom. The zero-order valence-corrected chi connectivity index (χ0v) is 16.3. The molecule has 1 atom stereocenters. The fourth-order valence-corrected chi connectivity index (χ4v) is 5.87. The average molecular weight is 376 g/mol. The Balaban J connectivity index is 1.62. The lowest BCUT2D eigenvalue weighted by Crippen LogP contribution is -2.26. The first-order valence-corrected chi connectivity index (χ1v) is 11.3. The Labute approximate surface area is 156 Å². The van der Waals surface area contributed by atoms with Crippen molar-refractivity contribution in [2.45, 2.75) is 22.4 Å². The largest absolute Gasteiger partial charge is 0.346 e. The van der Waals surface area contributed by atoms with Crippen LogP contribution in [-0.2, 0) is 0 Å². The maximum atomic E-state index is 12.5. The van der Waals surface area contributed by atoms with Gasteiger partial charge < -0.3 is 5.32 Å². The molecule has 1 N–H and O–H groups in total. The topological polar surface area (TPSA) is 29.1 Å². The zero-order valence-electron chi connectivity index (χ0n) is 13.8. The number of hydrogen-bond acceptors (Lipinski definition) is 4. The normalized spacial score (nSPS) is 16.1. The third-order valence-corrected chi connectivity index (χ3v) is 7.88. The number of thioether (sulfide) groups is 3. The first-order valence-electron chi connectivity index (χ1n) is 7.95. The second kappa shape index (κ2) is 8.37. The fourth-order valence-electron chi connectivity index (χ4n) is 2.60. The third kappa shape index (κ3) is 4.32. The van der Waals surface area contributed by atoms with Crippen molar-refractivity contribution in [1.82, 2.24) is 5.32 Å². The van der Waals surface area contributed by atoms with Crippen LogP contribution >= 0.6 is 35.3 Å². The van der Waals surface area contributed by atoms with Gasteiger partial charge in [0.1, 0.15) is 0 Å². The molecule has 2 aromatic carbocycles. The van der Waals surface area contributed by atoms with Crippen LogP contribution in [0.3, 0.4) is 0 Å². The molecule has 126 valence electrons. The minimum Gasteiger partial charge on any atom is -0.346 e. The standard InChI is InChI=1S/C19H21NOS3/c1-13(14-7-9-17(22-2)10-8-14)20-18(21)15-3-5-16(6-4-15)19-23-11-12-24-19/h3-10,13,19H,11-12H2,1-2H3,(H,20,21). The van der Waals surface area contributed by atoms with E-state index in [9.17, 15) is 4.79 Å². The van der Waals surface area contributed by atoms with E-state index in [1.54, 1.807) is 11.8 Å². The van der Waals surface area contributed by atoms with Gasteiger partial charge in [0, 0.05) is 22.0 Å². The van der Waals surface area contributed by atoms with Crippen LogP contribution in [0, 0.1) is 0 Å². The highest BCUT2D eigenvalue weighted by atomic mass is 32.2. The quantitative estimate of drug-likeness (QED) is 0.711. The summed E-state index contributed by atoms with van der Waals surface area (Å²) in [5.41, 5.74) is 3.15. The van der Waals surface area contributed by atoms with Crippen molar-refractivity contribution in [2.24, 2.45) is 0 Å². The van der Waals surface area contributed by atoms with E-state index in [4.69, 9.17) is 0 Å². The molecule has 24 heavy (non-hydrogen) atoms. The maximum Gasteiger partial charge on any atom is 0.251 e. The van der Waals surface area contributed by atoms with E-state index in [2.05, 4.69) is 48.0 Å². The van der Waals surface area contributed by atoms with Crippen LogP contribution < -0.4 is 5.32 Å². The van der Waals surface area contributed by atoms with Gasteiger partial charge in [0.15, 0.2) is 0 Å². The molecule has 0 spiro atoms. The Bertz CT molecular complexity index is 679. The van der Waals surface area contributed by atoms with E-state index in [0.717, 1.165) is 11.1 Å². The summed E-state index contributed by atoms with van der Waals surface area (Å²) in [7, 11) is 0. The first kappa shape index (κ1) is 17.8. The highest BCUT2D eigenvalue weighted by molar-refractivity contribution is 8.19. The molecule has 0 bridgehead atoms. The molecule has 3 rings (SSSR count). The first-order chi connectivity index (χ1) is 11.7. The number of amides is 1. The molecule has 1 unspecified atom stereocenters. The minimum atomic E-state index is -0.0188. The summed E-state index contributed by atoms with van der Waals surface area (Å²) in [4.78, 5) is 13.7. The van der Waals surface area contributed by atoms with Crippen molar-refractivity contribution in [1.29, 1.82) is 0 Å². The molecule has 0 aliphatic carbocycles. The van der Waals surface area contributed by atoms with Gasteiger partial charge in [-0.3, -0.25) is 4.79 Å². The van der Waals surface area contributed by atoms with Crippen molar-refractivity contribution in [2.75, 3.05) is 17.8 Å². The van der Waals surface area contributed by atoms with Gasteiger partial charge >= 0.3 is 0 Å². The predicted molar refractivity (Wildman–Crippen MR) is 108 cm³/mol. The highest BCUT2D eigenvalue weighted by Gasteiger charge is 2.18. The lowest BCUT2D eigenvalue weighted by atomic mass is 10.1. The van der Waals surface area contributed by atoms with E-state index in [1.807, 2.05) is 42.6 Å². The SMILES string of the molecule is CSc1ccc(C(C)NC(=O)c2ccc(C3SCCS3)cc2)cc1. The minimum absolute atomic E-state index is 0.00553. The van der Waals surface area contributed by atoms with E-state index in [1.165, 1.54) is 22.0 Å². The fraction of sp³-hybridized carbons (Fsp3) is 0.316. The van der Waals surface area contributed by atoms with Crippen LogP contribution in [0.1, 0.15) is 39.0 Å². The molecule has 5 heteroatoms. The van der Waals surface area contributed by atoms with Gasteiger partial charge in [-0.25, -0.2) is 0 Å². The van der Waals surface area contributed by atoms with Crippen molar-refractivity contribution < 1.29 is 4.79 Å². The summed E-state index contributed by atoms with van der Waals surface area (Å²) in [5.74, 6) is 2.41. The molecule has 0 radical (unpaired) electrons. The predicted octanol–water partition coefficient (Wildman–Crippen LogP) is 5.38. The van der Waals surface area contributed by atoms with Gasteiger partial charge in [0.2, 0.25) is 0 Å². The molecular formula is C19H21NOS3. The number of benzene rings is 2. The lowest BCUT2D eigenvalue weighted by molar-refractivity contribution is 0.0940. The van der Waals surface area contributed by atoms with Gasteiger partial charge in [-0.05, 0) is 48.6 Å². The third-order valence-electron chi connectivity index (χ3n) is 4.03. The Hall–Kier alpha value is -1.04. The van der Waals surface area contributed by atoms with E-state index < -0.39 is 0 Å². The van der Waals surface area contributed by atoms with Crippen molar-refractivity contribution in [3.8, 4) is 0 Å². The zero-order chi connectivity index (χ0) is 16.9. The molecule has 1 amide bonds. The van der Waals surface area contributed by atoms with Gasteiger partial charge in [-0.15, -0.1) is 35.3 Å². The number of carbonyl (C=O) groups excluding carboxylic acids is 1. The molecule has 2 nitrogen and oxygen atoms in total. The number of rotatable bonds is 5. The molecule has 1 heterocycles. The molecule has 1 fully saturated rings. The molecule has 1 saturated heterocycles. The second-order valence-corrected chi connectivity index (χ2v) is 9.27. The number of carbonyl (C=O) groups is 1. The number of nitrogens with one attached hydrogen (secondary N) is 1. The molecule has 0 aromatic heterocycles. The van der Waals surface area contributed by atoms with E-state index in [0.29, 0.717) is 4.58 Å². The Morgan fingerprint density at radius 2 is 1.71 bits per heavy atom. The summed E-state index contributed by atoms with van der Waals surface area (Å²) >= 11 is 5.68. The van der Waals surface area contributed by atoms with Crippen molar-refractivity contribution >= 4 is 41.2 Å². The number of hydrogen-bond donors (Lipinski definition) is 1. The lowest BCUT2D eigenvalue weighted by Gasteiger charge is -2.15. The van der Waals surface area contributed by atoms with Crippen LogP contribution in [0.25, 0.3) is 0 Å². The average Bonchev–Trinajstić information content (AvgIpc) is 3.16. The molecule has 1 aliphatic rings. The summed E-state index contributed by atoms with van der Waals surface area (Å²) in [6.07, 6.45) is 2.06. The van der Waals surface area contributed by atoms with Crippen LogP contribution in [0.15, 0.2) is 53.4 Å². The Morgan fingerprint density at radius 1 is 1.08 bits per heavy atom. The van der Waals surface area contributed by atoms with Crippen LogP contribution in [0.5, 0.6) is 0 Å². The van der Waals surface area contributed by atoms with Crippen LogP contribution in [0.2, 0.25) is 0 Å². The van der Waals surface area contributed by atoms with Crippen LogP contribution in [0.4, 0.5) is 0 Å². The molecule has 2 aromatic rings. The molecule has 0 saturated carbocycles. The van der Waals surface area contributed by atoms with Crippen molar-refractivity contribution in [3.05, 3.63) is 65.2 Å². The molecular weight excluding hydrogens is 354 g/mol. The summed E-state index contributed by atoms with van der Waals surface area (Å²) in [6.45, 7) is 2.02. The monoisotopic (exact) mass is 375 g/mol.